The van der Waals surface area contributed by atoms with Crippen LogP contribution in [0.5, 0.6) is 0 Å². The number of aromatic amines is 1. The van der Waals surface area contributed by atoms with Crippen molar-refractivity contribution in [3.63, 3.8) is 0 Å². The van der Waals surface area contributed by atoms with Gasteiger partial charge >= 0.3 is 0 Å². The predicted octanol–water partition coefficient (Wildman–Crippen LogP) is 3.49. The highest BCUT2D eigenvalue weighted by Gasteiger charge is 2.10. The Morgan fingerprint density at radius 2 is 1.80 bits per heavy atom. The molecular formula is C20H17N5. The molecule has 25 heavy (non-hydrogen) atoms. The number of hydrogen-bond donors (Lipinski definition) is 3. The van der Waals surface area contributed by atoms with Gasteiger partial charge in [-0.2, -0.15) is 0 Å². The number of nitrogens with one attached hydrogen (secondary N) is 2. The zero-order valence-electron chi connectivity index (χ0n) is 13.7. The number of nitrogens with zero attached hydrogens (tertiary/aromatic N) is 2. The molecule has 4 rings (SSSR count). The molecule has 0 unspecified atom stereocenters. The van der Waals surface area contributed by atoms with Gasteiger partial charge in [0.05, 0.1) is 16.7 Å². The maximum Gasteiger partial charge on any atom is 0.213 e. The van der Waals surface area contributed by atoms with Gasteiger partial charge in [0.1, 0.15) is 5.36 Å². The number of aromatic nitrogens is 2. The first-order valence-corrected chi connectivity index (χ1v) is 7.99. The Kier molecular flexibility index (Phi) is 3.54. The van der Waals surface area contributed by atoms with Gasteiger partial charge in [-0.15, -0.1) is 0 Å². The van der Waals surface area contributed by atoms with Crippen molar-refractivity contribution < 1.29 is 0 Å². The second kappa shape index (κ2) is 5.87. The van der Waals surface area contributed by atoms with E-state index in [0.717, 1.165) is 33.1 Å². The lowest BCUT2D eigenvalue weighted by molar-refractivity contribution is 1.31. The van der Waals surface area contributed by atoms with Gasteiger partial charge in [-0.25, -0.2) is 9.98 Å². The minimum Gasteiger partial charge on any atom is -0.368 e. The number of fused-ring (bicyclic) bond motifs is 2. The van der Waals surface area contributed by atoms with E-state index in [2.05, 4.69) is 41.2 Å². The van der Waals surface area contributed by atoms with Gasteiger partial charge in [0.25, 0.3) is 0 Å². The van der Waals surface area contributed by atoms with Crippen LogP contribution < -0.4 is 11.1 Å². The van der Waals surface area contributed by atoms with Crippen molar-refractivity contribution in [1.82, 2.24) is 9.97 Å². The van der Waals surface area contributed by atoms with Gasteiger partial charge in [0.2, 0.25) is 5.96 Å². The predicted molar refractivity (Wildman–Crippen MR) is 101 cm³/mol. The van der Waals surface area contributed by atoms with E-state index in [0.29, 0.717) is 5.36 Å². The summed E-state index contributed by atoms with van der Waals surface area (Å²) in [6, 6.07) is 18.0. The number of H-pyrrole nitrogens is 1. The summed E-state index contributed by atoms with van der Waals surface area (Å²) in [5.41, 5.74) is 10.3. The maximum absolute atomic E-state index is 7.61. The number of guanidine groups is 1. The maximum atomic E-state index is 7.61. The van der Waals surface area contributed by atoms with Crippen molar-refractivity contribution >= 4 is 27.8 Å². The Bertz CT molecular complexity index is 1170. The third kappa shape index (κ3) is 2.65. The van der Waals surface area contributed by atoms with E-state index in [1.165, 1.54) is 5.56 Å². The number of rotatable bonds is 1. The molecule has 0 aliphatic heterocycles. The first kappa shape index (κ1) is 15.1. The van der Waals surface area contributed by atoms with E-state index in [-0.39, 0.29) is 5.96 Å². The van der Waals surface area contributed by atoms with Crippen molar-refractivity contribution in [2.75, 3.05) is 0 Å². The van der Waals surface area contributed by atoms with Crippen LogP contribution >= 0.6 is 0 Å². The third-order valence-electron chi connectivity index (χ3n) is 4.19. The summed E-state index contributed by atoms with van der Waals surface area (Å²) >= 11 is 0. The van der Waals surface area contributed by atoms with Gasteiger partial charge in [-0.3, -0.25) is 5.41 Å². The van der Waals surface area contributed by atoms with Gasteiger partial charge in [0.15, 0.2) is 0 Å². The number of benzene rings is 2. The highest BCUT2D eigenvalue weighted by atomic mass is 15.0. The fourth-order valence-electron chi connectivity index (χ4n) is 3.02. The van der Waals surface area contributed by atoms with Crippen LogP contribution in [-0.2, 0) is 0 Å². The summed E-state index contributed by atoms with van der Waals surface area (Å²) in [5, 5.41) is 10.0. The zero-order chi connectivity index (χ0) is 17.4. The monoisotopic (exact) mass is 327 g/mol. The SMILES string of the molecule is Cc1ccc(-c2nc3ccccc3/c(=N/C(=N)N)c3[nH]ccc23)cc1. The van der Waals surface area contributed by atoms with Crippen LogP contribution in [0, 0.1) is 12.3 Å². The van der Waals surface area contributed by atoms with E-state index in [1.54, 1.807) is 0 Å². The van der Waals surface area contributed by atoms with E-state index < -0.39 is 0 Å². The van der Waals surface area contributed by atoms with Gasteiger partial charge in [-0.1, -0.05) is 48.0 Å². The van der Waals surface area contributed by atoms with Crippen LogP contribution in [0.2, 0.25) is 0 Å². The van der Waals surface area contributed by atoms with Gasteiger partial charge in [0, 0.05) is 22.5 Å². The molecule has 122 valence electrons. The molecule has 0 saturated heterocycles. The number of aryl methyl sites for hydroxylation is 1. The molecule has 5 nitrogen and oxygen atoms in total. The van der Waals surface area contributed by atoms with Crippen molar-refractivity contribution in [3.8, 4) is 11.3 Å². The molecule has 4 N–H and O–H groups in total. The Hall–Kier alpha value is -3.47. The van der Waals surface area contributed by atoms with E-state index in [9.17, 15) is 0 Å². The van der Waals surface area contributed by atoms with Crippen molar-refractivity contribution in [3.05, 3.63) is 71.7 Å². The highest BCUT2D eigenvalue weighted by Crippen LogP contribution is 2.26. The molecule has 2 aromatic carbocycles. The van der Waals surface area contributed by atoms with E-state index >= 15 is 0 Å². The first-order valence-electron chi connectivity index (χ1n) is 7.99. The van der Waals surface area contributed by atoms with Crippen molar-refractivity contribution in [2.45, 2.75) is 6.92 Å². The molecule has 0 aliphatic carbocycles. The summed E-state index contributed by atoms with van der Waals surface area (Å²) in [6.45, 7) is 2.06. The smallest absolute Gasteiger partial charge is 0.213 e. The quantitative estimate of drug-likeness (QED) is 0.369. The first-order chi connectivity index (χ1) is 12.1. The van der Waals surface area contributed by atoms with Crippen LogP contribution in [0.25, 0.3) is 33.1 Å². The summed E-state index contributed by atoms with van der Waals surface area (Å²) in [6.07, 6.45) is 1.86. The van der Waals surface area contributed by atoms with Crippen molar-refractivity contribution in [1.29, 1.82) is 5.41 Å². The number of hydrogen-bond acceptors (Lipinski definition) is 2. The second-order valence-corrected chi connectivity index (χ2v) is 5.96. The molecule has 0 spiro atoms. The topological polar surface area (TPSA) is 90.9 Å². The van der Waals surface area contributed by atoms with E-state index in [4.69, 9.17) is 16.1 Å². The number of para-hydroxylation sites is 1. The van der Waals surface area contributed by atoms with Gasteiger partial charge in [-0.05, 0) is 19.1 Å². The van der Waals surface area contributed by atoms with Crippen LogP contribution in [-0.4, -0.2) is 15.9 Å². The molecule has 0 aliphatic rings. The summed E-state index contributed by atoms with van der Waals surface area (Å²) < 4.78 is 0. The average molecular weight is 327 g/mol. The Morgan fingerprint density at radius 1 is 1.04 bits per heavy atom. The summed E-state index contributed by atoms with van der Waals surface area (Å²) in [4.78, 5) is 12.4. The molecule has 5 heteroatoms. The molecule has 0 bridgehead atoms. The summed E-state index contributed by atoms with van der Waals surface area (Å²) in [7, 11) is 0. The minimum atomic E-state index is -0.232. The molecule has 0 saturated carbocycles. The minimum absolute atomic E-state index is 0.232. The van der Waals surface area contributed by atoms with Crippen LogP contribution in [0.3, 0.4) is 0 Å². The Balaban J connectivity index is 2.24. The van der Waals surface area contributed by atoms with Gasteiger partial charge < -0.3 is 10.7 Å². The summed E-state index contributed by atoms with van der Waals surface area (Å²) in [5.74, 6) is -0.232. The Morgan fingerprint density at radius 3 is 2.56 bits per heavy atom. The molecule has 4 aromatic rings. The lowest BCUT2D eigenvalue weighted by Gasteiger charge is -2.01. The fraction of sp³-hybridized carbons (Fsp3) is 0.0500. The largest absolute Gasteiger partial charge is 0.368 e. The molecule has 0 amide bonds. The normalized spacial score (nSPS) is 12.0. The zero-order valence-corrected chi connectivity index (χ0v) is 13.7. The molecule has 0 radical (unpaired) electrons. The van der Waals surface area contributed by atoms with Crippen molar-refractivity contribution in [2.24, 2.45) is 10.7 Å². The van der Waals surface area contributed by atoms with Crippen LogP contribution in [0.1, 0.15) is 5.56 Å². The molecule has 0 fully saturated rings. The third-order valence-corrected chi connectivity index (χ3v) is 4.19. The second-order valence-electron chi connectivity index (χ2n) is 5.96. The molecule has 0 atom stereocenters. The van der Waals surface area contributed by atoms with E-state index in [1.807, 2.05) is 36.5 Å². The standard InChI is InChI=1S/C20H17N5/c1-12-6-8-13(9-7-12)17-15-10-11-23-18(15)19(25-20(21)22)14-4-2-3-5-16(14)24-17/h2-11,23H,1H3,(H3,21,22)/b25-19-. The fourth-order valence-corrected chi connectivity index (χ4v) is 3.02. The average Bonchev–Trinajstić information content (AvgIpc) is 3.04. The number of nitrogens with two attached hydrogens (primary N) is 1. The molecule has 2 aromatic heterocycles. The molecule has 2 heterocycles. The lowest BCUT2D eigenvalue weighted by Crippen LogP contribution is -2.13. The molecular weight excluding hydrogens is 310 g/mol. The highest BCUT2D eigenvalue weighted by molar-refractivity contribution is 5.98. The Labute approximate surface area is 144 Å². The van der Waals surface area contributed by atoms with Crippen LogP contribution in [0.4, 0.5) is 0 Å². The lowest BCUT2D eigenvalue weighted by atomic mass is 10.1. The van der Waals surface area contributed by atoms with Crippen LogP contribution in [0.15, 0.2) is 65.8 Å².